The Kier molecular flexibility index (Phi) is 9.62. The zero-order chi connectivity index (χ0) is 17.2. The number of hydrogen-bond acceptors (Lipinski definition) is 3. The Morgan fingerprint density at radius 1 is 1.04 bits per heavy atom. The normalized spacial score (nSPS) is 11.1. The van der Waals surface area contributed by atoms with Crippen molar-refractivity contribution < 1.29 is 16.5 Å². The summed E-state index contributed by atoms with van der Waals surface area (Å²) in [5.74, 6) is 0.894. The van der Waals surface area contributed by atoms with Crippen LogP contribution in [0.2, 0.25) is 0 Å². The van der Waals surface area contributed by atoms with E-state index < -0.39 is 16.5 Å². The Bertz CT molecular complexity index is 590. The van der Waals surface area contributed by atoms with Crippen molar-refractivity contribution in [1.82, 2.24) is 9.97 Å². The number of benzene rings is 1. The molecule has 0 aliphatic rings. The second-order valence-electron chi connectivity index (χ2n) is 5.53. The van der Waals surface area contributed by atoms with Gasteiger partial charge in [-0.15, -0.1) is 0 Å². The maximum atomic E-state index is 4.88. The molecule has 6 heteroatoms. The second-order valence-corrected chi connectivity index (χ2v) is 8.81. The van der Waals surface area contributed by atoms with Crippen LogP contribution in [-0.2, 0) is 16.5 Å². The summed E-state index contributed by atoms with van der Waals surface area (Å²) < 4.78 is 0. The van der Waals surface area contributed by atoms with Gasteiger partial charge in [0.2, 0.25) is 0 Å². The minimum absolute atomic E-state index is 0.447. The van der Waals surface area contributed by atoms with Gasteiger partial charge in [-0.3, -0.25) is 15.0 Å². The summed E-state index contributed by atoms with van der Waals surface area (Å²) in [6, 6.07) is 6.42. The quantitative estimate of drug-likeness (QED) is 0.463. The predicted molar refractivity (Wildman–Crippen MR) is 95.6 cm³/mol. The first-order valence-corrected chi connectivity index (χ1v) is 12.9. The molecule has 0 fully saturated rings. The van der Waals surface area contributed by atoms with E-state index in [4.69, 9.17) is 23.8 Å². The SMILES string of the molecule is CC(C)c1cccc(C(C)C)c1N=Cc1cnccn1.[Cl][Pt][Cl]. The molecule has 0 amide bonds. The molecule has 0 N–H and O–H groups in total. The molecule has 1 heterocycles. The van der Waals surface area contributed by atoms with Crippen LogP contribution in [0.4, 0.5) is 5.69 Å². The zero-order valence-electron chi connectivity index (χ0n) is 13.6. The molecule has 1 aromatic heterocycles. The Morgan fingerprint density at radius 2 is 1.61 bits per heavy atom. The molecule has 0 aliphatic heterocycles. The average molecular weight is 533 g/mol. The number of nitrogens with zero attached hydrogens (tertiary/aromatic N) is 3. The molecule has 128 valence electrons. The molecular weight excluding hydrogens is 512 g/mol. The van der Waals surface area contributed by atoms with Crippen LogP contribution in [0.25, 0.3) is 0 Å². The summed E-state index contributed by atoms with van der Waals surface area (Å²) in [7, 11) is 9.75. The van der Waals surface area contributed by atoms with Gasteiger partial charge in [0, 0.05) is 12.4 Å². The van der Waals surface area contributed by atoms with E-state index in [1.165, 1.54) is 11.1 Å². The fraction of sp³-hybridized carbons (Fsp3) is 0.353. The topological polar surface area (TPSA) is 38.1 Å². The summed E-state index contributed by atoms with van der Waals surface area (Å²) in [6.45, 7) is 8.78. The molecule has 0 atom stereocenters. The van der Waals surface area contributed by atoms with Crippen LogP contribution in [-0.4, -0.2) is 16.2 Å². The fourth-order valence-electron chi connectivity index (χ4n) is 2.17. The van der Waals surface area contributed by atoms with Gasteiger partial charge in [0.1, 0.15) is 0 Å². The number of aliphatic imine (C=N–C) groups is 1. The van der Waals surface area contributed by atoms with E-state index in [2.05, 4.69) is 55.9 Å². The first kappa shape index (κ1) is 20.3. The number of rotatable bonds is 4. The van der Waals surface area contributed by atoms with Crippen molar-refractivity contribution in [2.75, 3.05) is 0 Å². The van der Waals surface area contributed by atoms with Gasteiger partial charge >= 0.3 is 35.3 Å². The summed E-state index contributed by atoms with van der Waals surface area (Å²) in [6.07, 6.45) is 6.86. The summed E-state index contributed by atoms with van der Waals surface area (Å²) >= 11 is -0.472. The van der Waals surface area contributed by atoms with Gasteiger partial charge in [-0.25, -0.2) is 0 Å². The molecule has 0 aliphatic carbocycles. The molecule has 0 unspecified atom stereocenters. The zero-order valence-corrected chi connectivity index (χ0v) is 17.4. The predicted octanol–water partition coefficient (Wildman–Crippen LogP) is 5.85. The van der Waals surface area contributed by atoms with E-state index in [0.29, 0.717) is 11.8 Å². The van der Waals surface area contributed by atoms with Crippen LogP contribution in [0, 0.1) is 0 Å². The molecular formula is C17H21Cl2N3Pt. The van der Waals surface area contributed by atoms with Gasteiger partial charge in [0.15, 0.2) is 0 Å². The Balaban J connectivity index is 0.000000816. The van der Waals surface area contributed by atoms with Crippen LogP contribution in [0.5, 0.6) is 0 Å². The van der Waals surface area contributed by atoms with E-state index >= 15 is 0 Å². The van der Waals surface area contributed by atoms with Crippen LogP contribution >= 0.6 is 18.8 Å². The van der Waals surface area contributed by atoms with Crippen molar-refractivity contribution in [3.05, 3.63) is 53.6 Å². The van der Waals surface area contributed by atoms with Gasteiger partial charge in [0.05, 0.1) is 23.8 Å². The van der Waals surface area contributed by atoms with Gasteiger partial charge < -0.3 is 0 Å². The molecule has 0 radical (unpaired) electrons. The third-order valence-corrected chi connectivity index (χ3v) is 3.25. The second kappa shape index (κ2) is 10.9. The Morgan fingerprint density at radius 3 is 2.04 bits per heavy atom. The molecule has 0 bridgehead atoms. The maximum absolute atomic E-state index is 4.88. The average Bonchev–Trinajstić information content (AvgIpc) is 2.54. The van der Waals surface area contributed by atoms with Crippen LogP contribution in [0.15, 0.2) is 41.8 Å². The summed E-state index contributed by atoms with van der Waals surface area (Å²) in [5, 5.41) is 0. The van der Waals surface area contributed by atoms with E-state index in [-0.39, 0.29) is 0 Å². The minimum atomic E-state index is -0.472. The van der Waals surface area contributed by atoms with E-state index in [9.17, 15) is 0 Å². The van der Waals surface area contributed by atoms with Crippen molar-refractivity contribution in [3.8, 4) is 0 Å². The van der Waals surface area contributed by atoms with Crippen molar-refractivity contribution in [1.29, 1.82) is 0 Å². The Hall–Kier alpha value is -0.762. The Labute approximate surface area is 155 Å². The molecule has 0 spiro atoms. The molecule has 23 heavy (non-hydrogen) atoms. The molecule has 2 rings (SSSR count). The number of hydrogen-bond donors (Lipinski definition) is 0. The monoisotopic (exact) mass is 532 g/mol. The number of aromatic nitrogens is 2. The van der Waals surface area contributed by atoms with Crippen molar-refractivity contribution >= 4 is 30.7 Å². The molecule has 0 saturated carbocycles. The van der Waals surface area contributed by atoms with Gasteiger partial charge in [-0.2, -0.15) is 0 Å². The van der Waals surface area contributed by atoms with Gasteiger partial charge in [-0.1, -0.05) is 45.9 Å². The first-order valence-electron chi connectivity index (χ1n) is 7.26. The molecule has 3 nitrogen and oxygen atoms in total. The number of para-hydroxylation sites is 1. The summed E-state index contributed by atoms with van der Waals surface area (Å²) in [5.41, 5.74) is 4.40. The molecule has 0 saturated heterocycles. The van der Waals surface area contributed by atoms with Crippen LogP contribution in [0.1, 0.15) is 56.4 Å². The molecule has 1 aromatic carbocycles. The van der Waals surface area contributed by atoms with E-state index in [1.54, 1.807) is 24.8 Å². The van der Waals surface area contributed by atoms with Gasteiger partial charge in [-0.05, 0) is 23.0 Å². The van der Waals surface area contributed by atoms with Crippen LogP contribution in [0.3, 0.4) is 0 Å². The van der Waals surface area contributed by atoms with Crippen molar-refractivity contribution in [2.45, 2.75) is 39.5 Å². The van der Waals surface area contributed by atoms with Crippen molar-refractivity contribution in [3.63, 3.8) is 0 Å². The summed E-state index contributed by atoms with van der Waals surface area (Å²) in [4.78, 5) is 13.0. The third-order valence-electron chi connectivity index (χ3n) is 3.25. The van der Waals surface area contributed by atoms with Crippen LogP contribution < -0.4 is 0 Å². The number of halogens is 2. The van der Waals surface area contributed by atoms with Gasteiger partial charge in [0.25, 0.3) is 0 Å². The first-order chi connectivity index (χ1) is 11.0. The van der Waals surface area contributed by atoms with E-state index in [1.807, 2.05) is 0 Å². The molecule has 2 aromatic rings. The van der Waals surface area contributed by atoms with E-state index in [0.717, 1.165) is 11.4 Å². The standard InChI is InChI=1S/C17H21N3.2ClH.Pt/c1-12(2)15-6-5-7-16(13(3)4)17(15)20-11-14-10-18-8-9-19-14;;;/h5-13H,1-4H3;2*1H;/q;;;+2/p-2. The van der Waals surface area contributed by atoms with Crippen molar-refractivity contribution in [2.24, 2.45) is 4.99 Å². The third kappa shape index (κ3) is 6.71. The fourth-order valence-corrected chi connectivity index (χ4v) is 2.17.